The minimum atomic E-state index is -0.382. The monoisotopic (exact) mass is 339 g/mol. The first-order valence-corrected chi connectivity index (χ1v) is 8.87. The van der Waals surface area contributed by atoms with E-state index in [1.165, 1.54) is 0 Å². The van der Waals surface area contributed by atoms with E-state index in [9.17, 15) is 9.59 Å². The molecular formula is C16H25N3O3S. The highest BCUT2D eigenvalue weighted by Gasteiger charge is 2.37. The van der Waals surface area contributed by atoms with Gasteiger partial charge in [-0.3, -0.25) is 9.59 Å². The van der Waals surface area contributed by atoms with Gasteiger partial charge in [-0.15, -0.1) is 11.8 Å². The van der Waals surface area contributed by atoms with Crippen molar-refractivity contribution in [3.05, 3.63) is 17.5 Å². The van der Waals surface area contributed by atoms with Gasteiger partial charge < -0.3 is 14.3 Å². The second-order valence-electron chi connectivity index (χ2n) is 7.24. The molecule has 1 aliphatic heterocycles. The Morgan fingerprint density at radius 1 is 1.48 bits per heavy atom. The summed E-state index contributed by atoms with van der Waals surface area (Å²) in [6.07, 6.45) is 0.448. The topological polar surface area (TPSA) is 66.7 Å². The van der Waals surface area contributed by atoms with Crippen LogP contribution in [-0.4, -0.2) is 51.5 Å². The summed E-state index contributed by atoms with van der Waals surface area (Å²) in [6, 6.07) is 1.43. The van der Waals surface area contributed by atoms with Crippen LogP contribution in [0.3, 0.4) is 0 Å². The molecular weight excluding hydrogens is 314 g/mol. The molecule has 1 aromatic heterocycles. The van der Waals surface area contributed by atoms with Gasteiger partial charge in [0.05, 0.1) is 12.4 Å². The highest BCUT2D eigenvalue weighted by Crippen LogP contribution is 2.27. The summed E-state index contributed by atoms with van der Waals surface area (Å²) in [5.74, 6) is 1.96. The van der Waals surface area contributed by atoms with E-state index in [2.05, 4.69) is 5.16 Å². The number of aromatic nitrogens is 1. The number of carbonyl (C=O) groups is 2. The fourth-order valence-corrected chi connectivity index (χ4v) is 3.69. The second kappa shape index (κ2) is 6.95. The Balaban J connectivity index is 2.00. The van der Waals surface area contributed by atoms with Gasteiger partial charge in [0.15, 0.2) is 0 Å². The van der Waals surface area contributed by atoms with Crippen molar-refractivity contribution >= 4 is 23.6 Å². The highest BCUT2D eigenvalue weighted by atomic mass is 32.2. The van der Waals surface area contributed by atoms with Crippen molar-refractivity contribution in [2.24, 2.45) is 5.41 Å². The molecule has 23 heavy (non-hydrogen) atoms. The lowest BCUT2D eigenvalue weighted by atomic mass is 9.91. The van der Waals surface area contributed by atoms with E-state index in [0.717, 1.165) is 11.5 Å². The van der Waals surface area contributed by atoms with E-state index in [1.54, 1.807) is 28.6 Å². The Morgan fingerprint density at radius 2 is 2.17 bits per heavy atom. The molecule has 0 N–H and O–H groups in total. The van der Waals surface area contributed by atoms with Crippen LogP contribution in [0.2, 0.25) is 0 Å². The van der Waals surface area contributed by atoms with Crippen LogP contribution >= 0.6 is 11.8 Å². The molecule has 2 amide bonds. The normalized spacial score (nSPS) is 18.3. The summed E-state index contributed by atoms with van der Waals surface area (Å²) in [4.78, 5) is 28.5. The first-order chi connectivity index (χ1) is 10.7. The van der Waals surface area contributed by atoms with E-state index in [-0.39, 0.29) is 23.3 Å². The number of aryl methyl sites for hydroxylation is 1. The van der Waals surface area contributed by atoms with Crippen LogP contribution in [0.1, 0.15) is 38.6 Å². The van der Waals surface area contributed by atoms with E-state index < -0.39 is 0 Å². The Kier molecular flexibility index (Phi) is 5.39. The zero-order valence-electron chi connectivity index (χ0n) is 14.5. The summed E-state index contributed by atoms with van der Waals surface area (Å²) >= 11 is 1.62. The predicted molar refractivity (Wildman–Crippen MR) is 89.7 cm³/mol. The lowest BCUT2D eigenvalue weighted by Gasteiger charge is -2.29. The first-order valence-electron chi connectivity index (χ1n) is 7.72. The van der Waals surface area contributed by atoms with Gasteiger partial charge in [-0.05, 0) is 12.3 Å². The van der Waals surface area contributed by atoms with Gasteiger partial charge in [-0.25, -0.2) is 0 Å². The molecule has 128 valence electrons. The SMILES string of the molecule is Cc1cc(CN(C)C(=O)C2CSCN2C(=O)CC(C)(C)C)no1. The molecule has 0 radical (unpaired) electrons. The lowest BCUT2D eigenvalue weighted by molar-refractivity contribution is -0.143. The summed E-state index contributed by atoms with van der Waals surface area (Å²) in [5, 5.41) is 3.91. The van der Waals surface area contributed by atoms with Gasteiger partial charge in [-0.1, -0.05) is 25.9 Å². The van der Waals surface area contributed by atoms with Crippen LogP contribution in [0.15, 0.2) is 10.6 Å². The van der Waals surface area contributed by atoms with Crippen LogP contribution in [-0.2, 0) is 16.1 Å². The number of rotatable bonds is 4. The number of thioether (sulfide) groups is 1. The Labute approximate surface area is 141 Å². The molecule has 0 bridgehead atoms. The number of nitrogens with zero attached hydrogens (tertiary/aromatic N) is 3. The molecule has 2 heterocycles. The fraction of sp³-hybridized carbons (Fsp3) is 0.688. The van der Waals surface area contributed by atoms with Gasteiger partial charge in [0.1, 0.15) is 17.5 Å². The third-order valence-electron chi connectivity index (χ3n) is 3.62. The largest absolute Gasteiger partial charge is 0.361 e. The number of hydrogen-bond acceptors (Lipinski definition) is 5. The average Bonchev–Trinajstić information content (AvgIpc) is 3.04. The van der Waals surface area contributed by atoms with Crippen molar-refractivity contribution in [1.82, 2.24) is 15.0 Å². The van der Waals surface area contributed by atoms with E-state index in [0.29, 0.717) is 24.6 Å². The zero-order chi connectivity index (χ0) is 17.2. The molecule has 0 saturated carbocycles. The van der Waals surface area contributed by atoms with Gasteiger partial charge >= 0.3 is 0 Å². The summed E-state index contributed by atoms with van der Waals surface area (Å²) in [7, 11) is 1.74. The van der Waals surface area contributed by atoms with Crippen molar-refractivity contribution in [3.63, 3.8) is 0 Å². The van der Waals surface area contributed by atoms with E-state index in [4.69, 9.17) is 4.52 Å². The standard InChI is InChI=1S/C16H25N3O3S/c1-11-6-12(17-22-11)8-18(5)15(21)13-9-23-10-19(13)14(20)7-16(2,3)4/h6,13H,7-10H2,1-5H3. The Morgan fingerprint density at radius 3 is 2.74 bits per heavy atom. The molecule has 6 nitrogen and oxygen atoms in total. The minimum Gasteiger partial charge on any atom is -0.361 e. The molecule has 1 aliphatic rings. The molecule has 1 saturated heterocycles. The quantitative estimate of drug-likeness (QED) is 0.842. The lowest BCUT2D eigenvalue weighted by Crippen LogP contribution is -2.48. The number of likely N-dealkylation sites (N-methyl/N-ethyl adjacent to an activating group) is 1. The van der Waals surface area contributed by atoms with Gasteiger partial charge in [0.2, 0.25) is 11.8 Å². The molecule has 0 spiro atoms. The summed E-state index contributed by atoms with van der Waals surface area (Å²) < 4.78 is 5.03. The van der Waals surface area contributed by atoms with Crippen molar-refractivity contribution in [2.75, 3.05) is 18.7 Å². The summed E-state index contributed by atoms with van der Waals surface area (Å²) in [6.45, 7) is 8.30. The maximum Gasteiger partial charge on any atom is 0.246 e. The molecule has 7 heteroatoms. The Bertz CT molecular complexity index is 579. The second-order valence-corrected chi connectivity index (χ2v) is 8.24. The number of carbonyl (C=O) groups excluding carboxylic acids is 2. The van der Waals surface area contributed by atoms with Crippen LogP contribution in [0.4, 0.5) is 0 Å². The third kappa shape index (κ3) is 4.73. The van der Waals surface area contributed by atoms with Gasteiger partial charge in [-0.2, -0.15) is 0 Å². The average molecular weight is 339 g/mol. The molecule has 1 fully saturated rings. The fourth-order valence-electron chi connectivity index (χ4n) is 2.52. The number of amides is 2. The molecule has 1 unspecified atom stereocenters. The third-order valence-corrected chi connectivity index (χ3v) is 4.63. The van der Waals surface area contributed by atoms with E-state index in [1.807, 2.05) is 33.8 Å². The molecule has 0 aromatic carbocycles. The van der Waals surface area contributed by atoms with E-state index >= 15 is 0 Å². The smallest absolute Gasteiger partial charge is 0.246 e. The zero-order valence-corrected chi connectivity index (χ0v) is 15.3. The maximum atomic E-state index is 12.7. The first kappa shape index (κ1) is 17.8. The summed E-state index contributed by atoms with van der Waals surface area (Å²) in [5.41, 5.74) is 0.638. The molecule has 2 rings (SSSR count). The molecule has 1 atom stereocenters. The van der Waals surface area contributed by atoms with Crippen molar-refractivity contribution in [3.8, 4) is 0 Å². The van der Waals surface area contributed by atoms with Crippen LogP contribution < -0.4 is 0 Å². The van der Waals surface area contributed by atoms with Crippen LogP contribution in [0.25, 0.3) is 0 Å². The molecule has 0 aliphatic carbocycles. The number of hydrogen-bond donors (Lipinski definition) is 0. The van der Waals surface area contributed by atoms with Gasteiger partial charge in [0.25, 0.3) is 0 Å². The van der Waals surface area contributed by atoms with Crippen molar-refractivity contribution in [2.45, 2.75) is 46.7 Å². The van der Waals surface area contributed by atoms with Crippen molar-refractivity contribution < 1.29 is 14.1 Å². The minimum absolute atomic E-state index is 0.0436. The van der Waals surface area contributed by atoms with Gasteiger partial charge in [0, 0.05) is 25.3 Å². The van der Waals surface area contributed by atoms with Crippen LogP contribution in [0, 0.1) is 12.3 Å². The van der Waals surface area contributed by atoms with Crippen LogP contribution in [0.5, 0.6) is 0 Å². The predicted octanol–water partition coefficient (Wildman–Crippen LogP) is 2.28. The molecule has 1 aromatic rings. The van der Waals surface area contributed by atoms with Crippen molar-refractivity contribution in [1.29, 1.82) is 0 Å². The maximum absolute atomic E-state index is 12.7. The highest BCUT2D eigenvalue weighted by molar-refractivity contribution is 7.99. The Hall–Kier alpha value is -1.50.